The van der Waals surface area contributed by atoms with Crippen LogP contribution in [0.1, 0.15) is 57.1 Å². The summed E-state index contributed by atoms with van der Waals surface area (Å²) in [6, 6.07) is 17.5. The summed E-state index contributed by atoms with van der Waals surface area (Å²) in [5.74, 6) is 0.947. The molecule has 0 unspecified atom stereocenters. The zero-order valence-electron chi connectivity index (χ0n) is 17.4. The molecule has 148 valence electrons. The van der Waals surface area contributed by atoms with Gasteiger partial charge in [-0.1, -0.05) is 55.8 Å². The second-order valence-electron chi connectivity index (χ2n) is 7.43. The van der Waals surface area contributed by atoms with Crippen LogP contribution in [0.4, 0.5) is 5.69 Å². The van der Waals surface area contributed by atoms with Crippen LogP contribution < -0.4 is 9.64 Å². The van der Waals surface area contributed by atoms with E-state index in [-0.39, 0.29) is 0 Å². The van der Waals surface area contributed by atoms with E-state index in [9.17, 15) is 0 Å². The molecule has 28 heavy (non-hydrogen) atoms. The van der Waals surface area contributed by atoms with Gasteiger partial charge < -0.3 is 9.64 Å². The number of nitrogens with zero attached hydrogens (tertiary/aromatic N) is 1. The van der Waals surface area contributed by atoms with Crippen LogP contribution in [0.2, 0.25) is 0 Å². The van der Waals surface area contributed by atoms with Gasteiger partial charge in [-0.15, -0.1) is 0 Å². The molecular weight excluding hydrogens is 342 g/mol. The molecule has 2 nitrogen and oxygen atoms in total. The molecule has 1 heterocycles. The van der Waals surface area contributed by atoms with Crippen molar-refractivity contribution in [3.8, 4) is 5.75 Å². The van der Waals surface area contributed by atoms with Gasteiger partial charge in [0.1, 0.15) is 5.75 Å². The van der Waals surface area contributed by atoms with Crippen molar-refractivity contribution in [1.82, 2.24) is 0 Å². The predicted molar refractivity (Wildman–Crippen MR) is 121 cm³/mol. The normalized spacial score (nSPS) is 15.2. The molecule has 0 aliphatic carbocycles. The van der Waals surface area contributed by atoms with Gasteiger partial charge in [-0.2, -0.15) is 0 Å². The highest BCUT2D eigenvalue weighted by molar-refractivity contribution is 5.81. The Balaban J connectivity index is 1.78. The SMILES string of the molecule is C/C=C/C=C(/c1ccc(OCCCC)cc1)c1ccc(N2CCCCC2)cc1. The Morgan fingerprint density at radius 3 is 2.18 bits per heavy atom. The number of benzene rings is 2. The van der Waals surface area contributed by atoms with Crippen LogP contribution in [-0.4, -0.2) is 19.7 Å². The summed E-state index contributed by atoms with van der Waals surface area (Å²) in [6.07, 6.45) is 12.6. The standard InChI is InChI=1S/C26H33NO/c1-3-5-10-26(23-13-17-25(18-14-23)28-21-6-4-2)22-11-15-24(16-12-22)27-19-8-7-9-20-27/h3,5,10-18H,4,6-9,19-21H2,1-2H3/b5-3+,26-10+. The summed E-state index contributed by atoms with van der Waals surface area (Å²) >= 11 is 0. The number of hydrogen-bond donors (Lipinski definition) is 0. The summed E-state index contributed by atoms with van der Waals surface area (Å²) in [7, 11) is 0. The lowest BCUT2D eigenvalue weighted by atomic mass is 9.96. The smallest absolute Gasteiger partial charge is 0.119 e. The van der Waals surface area contributed by atoms with Crippen molar-refractivity contribution >= 4 is 11.3 Å². The number of anilines is 1. The first-order valence-corrected chi connectivity index (χ1v) is 10.7. The van der Waals surface area contributed by atoms with Crippen LogP contribution in [0.5, 0.6) is 5.75 Å². The first-order chi connectivity index (χ1) is 13.8. The molecule has 1 aliphatic heterocycles. The topological polar surface area (TPSA) is 12.5 Å². The number of hydrogen-bond acceptors (Lipinski definition) is 2. The summed E-state index contributed by atoms with van der Waals surface area (Å²) in [6.45, 7) is 7.38. The molecule has 0 atom stereocenters. The number of rotatable bonds is 8. The predicted octanol–water partition coefficient (Wildman–Crippen LogP) is 6.86. The van der Waals surface area contributed by atoms with E-state index in [0.29, 0.717) is 0 Å². The van der Waals surface area contributed by atoms with E-state index in [4.69, 9.17) is 4.74 Å². The molecule has 2 aromatic rings. The van der Waals surface area contributed by atoms with Gasteiger partial charge in [-0.3, -0.25) is 0 Å². The lowest BCUT2D eigenvalue weighted by molar-refractivity contribution is 0.309. The van der Waals surface area contributed by atoms with E-state index in [1.807, 2.05) is 0 Å². The van der Waals surface area contributed by atoms with E-state index < -0.39 is 0 Å². The first kappa shape index (κ1) is 20.3. The van der Waals surface area contributed by atoms with Crippen LogP contribution in [0, 0.1) is 0 Å². The van der Waals surface area contributed by atoms with Gasteiger partial charge in [0.15, 0.2) is 0 Å². The molecule has 3 rings (SSSR count). The highest BCUT2D eigenvalue weighted by Crippen LogP contribution is 2.28. The maximum atomic E-state index is 5.81. The lowest BCUT2D eigenvalue weighted by Crippen LogP contribution is -2.29. The Morgan fingerprint density at radius 2 is 1.57 bits per heavy atom. The lowest BCUT2D eigenvalue weighted by Gasteiger charge is -2.29. The molecule has 0 N–H and O–H groups in total. The fraction of sp³-hybridized carbons (Fsp3) is 0.385. The van der Waals surface area contributed by atoms with Gasteiger partial charge >= 0.3 is 0 Å². The Bertz CT molecular complexity index is 765. The quantitative estimate of drug-likeness (QED) is 0.369. The van der Waals surface area contributed by atoms with E-state index in [0.717, 1.165) is 25.2 Å². The number of allylic oxidation sites excluding steroid dienone is 3. The van der Waals surface area contributed by atoms with Crippen molar-refractivity contribution in [3.63, 3.8) is 0 Å². The zero-order valence-corrected chi connectivity index (χ0v) is 17.4. The summed E-state index contributed by atoms with van der Waals surface area (Å²) in [5.41, 5.74) is 5.04. The minimum atomic E-state index is 0.787. The Morgan fingerprint density at radius 1 is 0.929 bits per heavy atom. The maximum Gasteiger partial charge on any atom is 0.119 e. The summed E-state index contributed by atoms with van der Waals surface area (Å²) < 4.78 is 5.81. The number of piperidine rings is 1. The van der Waals surface area contributed by atoms with Crippen LogP contribution in [0.3, 0.4) is 0 Å². The van der Waals surface area contributed by atoms with Gasteiger partial charge in [0.25, 0.3) is 0 Å². The van der Waals surface area contributed by atoms with Crippen LogP contribution in [0.25, 0.3) is 5.57 Å². The second kappa shape index (κ2) is 10.8. The third-order valence-corrected chi connectivity index (χ3v) is 5.29. The summed E-state index contributed by atoms with van der Waals surface area (Å²) in [5, 5.41) is 0. The van der Waals surface area contributed by atoms with E-state index >= 15 is 0 Å². The average Bonchev–Trinajstić information content (AvgIpc) is 2.76. The maximum absolute atomic E-state index is 5.81. The first-order valence-electron chi connectivity index (χ1n) is 10.7. The molecule has 1 fully saturated rings. The fourth-order valence-electron chi connectivity index (χ4n) is 3.62. The average molecular weight is 376 g/mol. The molecular formula is C26H33NO. The van der Waals surface area contributed by atoms with Crippen molar-refractivity contribution in [2.45, 2.75) is 46.0 Å². The molecule has 0 radical (unpaired) electrons. The molecule has 0 spiro atoms. The van der Waals surface area contributed by atoms with Crippen LogP contribution >= 0.6 is 0 Å². The molecule has 0 bridgehead atoms. The van der Waals surface area contributed by atoms with Crippen molar-refractivity contribution < 1.29 is 4.74 Å². The van der Waals surface area contributed by atoms with Gasteiger partial charge in [-0.05, 0) is 73.6 Å². The van der Waals surface area contributed by atoms with Crippen LogP contribution in [0.15, 0.2) is 66.8 Å². The zero-order chi connectivity index (χ0) is 19.6. The molecule has 0 amide bonds. The largest absolute Gasteiger partial charge is 0.494 e. The third-order valence-electron chi connectivity index (χ3n) is 5.29. The van der Waals surface area contributed by atoms with Crippen molar-refractivity contribution in [2.75, 3.05) is 24.6 Å². The monoisotopic (exact) mass is 375 g/mol. The van der Waals surface area contributed by atoms with Crippen molar-refractivity contribution in [3.05, 3.63) is 77.9 Å². The molecule has 2 aromatic carbocycles. The Labute approximate surface area is 170 Å². The van der Waals surface area contributed by atoms with E-state index in [1.54, 1.807) is 0 Å². The third kappa shape index (κ3) is 5.51. The van der Waals surface area contributed by atoms with E-state index in [1.165, 1.54) is 54.7 Å². The number of ether oxygens (including phenoxy) is 1. The Kier molecular flexibility index (Phi) is 7.78. The van der Waals surface area contributed by atoms with Gasteiger partial charge in [0, 0.05) is 18.8 Å². The van der Waals surface area contributed by atoms with Gasteiger partial charge in [0.05, 0.1) is 6.61 Å². The molecule has 2 heteroatoms. The highest BCUT2D eigenvalue weighted by atomic mass is 16.5. The number of unbranched alkanes of at least 4 members (excludes halogenated alkanes) is 1. The Hall–Kier alpha value is -2.48. The fourth-order valence-corrected chi connectivity index (χ4v) is 3.62. The minimum absolute atomic E-state index is 0.787. The highest BCUT2D eigenvalue weighted by Gasteiger charge is 2.11. The minimum Gasteiger partial charge on any atom is -0.494 e. The second-order valence-corrected chi connectivity index (χ2v) is 7.43. The summed E-state index contributed by atoms with van der Waals surface area (Å²) in [4.78, 5) is 2.51. The molecule has 1 saturated heterocycles. The van der Waals surface area contributed by atoms with Crippen molar-refractivity contribution in [1.29, 1.82) is 0 Å². The van der Waals surface area contributed by atoms with Crippen LogP contribution in [-0.2, 0) is 0 Å². The molecule has 0 aromatic heterocycles. The van der Waals surface area contributed by atoms with Gasteiger partial charge in [0.2, 0.25) is 0 Å². The van der Waals surface area contributed by atoms with E-state index in [2.05, 4.69) is 85.5 Å². The van der Waals surface area contributed by atoms with Crippen molar-refractivity contribution in [2.24, 2.45) is 0 Å². The van der Waals surface area contributed by atoms with Gasteiger partial charge in [-0.25, -0.2) is 0 Å². The molecule has 0 saturated carbocycles. The molecule has 1 aliphatic rings.